The molecule has 0 aromatic carbocycles. The number of esters is 1. The summed E-state index contributed by atoms with van der Waals surface area (Å²) in [6.45, 7) is 5.72. The molecule has 4 nitrogen and oxygen atoms in total. The maximum Gasteiger partial charge on any atom is 0.312 e. The summed E-state index contributed by atoms with van der Waals surface area (Å²) in [5.74, 6) is -0.0983. The summed E-state index contributed by atoms with van der Waals surface area (Å²) in [6.07, 6.45) is 5.30. The van der Waals surface area contributed by atoms with Gasteiger partial charge in [0.2, 0.25) is 0 Å². The molecule has 0 amide bonds. The number of methoxy groups -OCH3 is 2. The standard InChI is InChI=1S/C15H28O4/c1-14(2,3)19-13(16)15(9-7-6-8-10-15)11-12(17-4)18-5/h12H,6-11H2,1-5H3. The van der Waals surface area contributed by atoms with Gasteiger partial charge in [-0.3, -0.25) is 4.79 Å². The van der Waals surface area contributed by atoms with Crippen molar-refractivity contribution in [2.45, 2.75) is 71.2 Å². The molecule has 0 atom stereocenters. The summed E-state index contributed by atoms with van der Waals surface area (Å²) in [6, 6.07) is 0. The number of carbonyl (C=O) groups excluding carboxylic acids is 1. The Balaban J connectivity index is 2.82. The van der Waals surface area contributed by atoms with Gasteiger partial charge in [0.15, 0.2) is 6.29 Å². The molecule has 1 saturated carbocycles. The number of hydrogen-bond acceptors (Lipinski definition) is 4. The highest BCUT2D eigenvalue weighted by molar-refractivity contribution is 5.77. The quantitative estimate of drug-likeness (QED) is 0.569. The van der Waals surface area contributed by atoms with E-state index in [2.05, 4.69) is 0 Å². The SMILES string of the molecule is COC(CC1(C(=O)OC(C)(C)C)CCCCC1)OC. The van der Waals surface area contributed by atoms with Crippen LogP contribution in [-0.4, -0.2) is 32.1 Å². The fourth-order valence-corrected chi connectivity index (χ4v) is 2.69. The van der Waals surface area contributed by atoms with Crippen molar-refractivity contribution in [3.8, 4) is 0 Å². The van der Waals surface area contributed by atoms with E-state index in [1.54, 1.807) is 14.2 Å². The molecule has 1 rings (SSSR count). The van der Waals surface area contributed by atoms with E-state index in [9.17, 15) is 4.79 Å². The number of ether oxygens (including phenoxy) is 3. The third-order valence-corrected chi connectivity index (χ3v) is 3.73. The van der Waals surface area contributed by atoms with Gasteiger partial charge in [0.05, 0.1) is 5.41 Å². The Morgan fingerprint density at radius 3 is 2.05 bits per heavy atom. The minimum absolute atomic E-state index is 0.0983. The first-order valence-corrected chi connectivity index (χ1v) is 7.12. The van der Waals surface area contributed by atoms with Crippen molar-refractivity contribution in [3.63, 3.8) is 0 Å². The maximum atomic E-state index is 12.6. The van der Waals surface area contributed by atoms with Crippen molar-refractivity contribution in [2.24, 2.45) is 5.41 Å². The molecule has 19 heavy (non-hydrogen) atoms. The Kier molecular flexibility index (Phi) is 5.81. The Bertz CT molecular complexity index is 283. The summed E-state index contributed by atoms with van der Waals surface area (Å²) < 4.78 is 16.2. The molecule has 0 aromatic heterocycles. The van der Waals surface area contributed by atoms with Crippen LogP contribution in [0.2, 0.25) is 0 Å². The molecule has 0 heterocycles. The van der Waals surface area contributed by atoms with Crippen molar-refractivity contribution in [1.29, 1.82) is 0 Å². The van der Waals surface area contributed by atoms with E-state index in [0.717, 1.165) is 25.7 Å². The van der Waals surface area contributed by atoms with Gasteiger partial charge in [-0.1, -0.05) is 19.3 Å². The van der Waals surface area contributed by atoms with Crippen LogP contribution in [0.1, 0.15) is 59.3 Å². The zero-order valence-corrected chi connectivity index (χ0v) is 13.0. The van der Waals surface area contributed by atoms with Crippen LogP contribution in [0.5, 0.6) is 0 Å². The van der Waals surface area contributed by atoms with Crippen molar-refractivity contribution < 1.29 is 19.0 Å². The lowest BCUT2D eigenvalue weighted by Crippen LogP contribution is -2.42. The molecule has 0 saturated heterocycles. The maximum absolute atomic E-state index is 12.6. The second-order valence-corrected chi connectivity index (χ2v) is 6.45. The topological polar surface area (TPSA) is 44.8 Å². The monoisotopic (exact) mass is 272 g/mol. The van der Waals surface area contributed by atoms with Gasteiger partial charge >= 0.3 is 5.97 Å². The lowest BCUT2D eigenvalue weighted by atomic mass is 9.71. The Hall–Kier alpha value is -0.610. The number of rotatable bonds is 5. The van der Waals surface area contributed by atoms with Crippen molar-refractivity contribution in [3.05, 3.63) is 0 Å². The number of carbonyl (C=O) groups is 1. The third-order valence-electron chi connectivity index (χ3n) is 3.73. The molecule has 4 heteroatoms. The largest absolute Gasteiger partial charge is 0.460 e. The molecule has 0 spiro atoms. The molecule has 0 radical (unpaired) electrons. The van der Waals surface area contributed by atoms with Gasteiger partial charge in [-0.05, 0) is 33.6 Å². The van der Waals surface area contributed by atoms with Gasteiger partial charge in [0.1, 0.15) is 5.60 Å². The summed E-state index contributed by atoms with van der Waals surface area (Å²) in [4.78, 5) is 12.6. The minimum atomic E-state index is -0.447. The van der Waals surface area contributed by atoms with Crippen molar-refractivity contribution in [2.75, 3.05) is 14.2 Å². The minimum Gasteiger partial charge on any atom is -0.460 e. The fourth-order valence-electron chi connectivity index (χ4n) is 2.69. The van der Waals surface area contributed by atoms with Crippen molar-refractivity contribution >= 4 is 5.97 Å². The van der Waals surface area contributed by atoms with Crippen LogP contribution in [0.3, 0.4) is 0 Å². The van der Waals surface area contributed by atoms with Crippen LogP contribution in [0, 0.1) is 5.41 Å². The van der Waals surface area contributed by atoms with Gasteiger partial charge in [0.25, 0.3) is 0 Å². The molecule has 112 valence electrons. The molecular formula is C15H28O4. The average molecular weight is 272 g/mol. The van der Waals surface area contributed by atoms with Gasteiger partial charge in [-0.25, -0.2) is 0 Å². The smallest absolute Gasteiger partial charge is 0.312 e. The first-order chi connectivity index (χ1) is 8.83. The van der Waals surface area contributed by atoms with E-state index < -0.39 is 11.0 Å². The Morgan fingerprint density at radius 1 is 1.11 bits per heavy atom. The van der Waals surface area contributed by atoms with Gasteiger partial charge in [0, 0.05) is 20.6 Å². The lowest BCUT2D eigenvalue weighted by molar-refractivity contribution is -0.182. The first-order valence-electron chi connectivity index (χ1n) is 7.12. The first kappa shape index (κ1) is 16.4. The zero-order chi connectivity index (χ0) is 14.5. The fraction of sp³-hybridized carbons (Fsp3) is 0.933. The van der Waals surface area contributed by atoms with E-state index in [-0.39, 0.29) is 12.3 Å². The molecule has 1 fully saturated rings. The van der Waals surface area contributed by atoms with Crippen LogP contribution in [-0.2, 0) is 19.0 Å². The molecular weight excluding hydrogens is 244 g/mol. The van der Waals surface area contributed by atoms with Gasteiger partial charge in [-0.2, -0.15) is 0 Å². The molecule has 0 bridgehead atoms. The van der Waals surface area contributed by atoms with E-state index in [4.69, 9.17) is 14.2 Å². The van der Waals surface area contributed by atoms with Crippen LogP contribution >= 0.6 is 0 Å². The molecule has 0 N–H and O–H groups in total. The second kappa shape index (κ2) is 6.71. The lowest BCUT2D eigenvalue weighted by Gasteiger charge is -2.38. The van der Waals surface area contributed by atoms with Crippen LogP contribution in [0.15, 0.2) is 0 Å². The van der Waals surface area contributed by atoms with Crippen LogP contribution < -0.4 is 0 Å². The van der Waals surface area contributed by atoms with Gasteiger partial charge < -0.3 is 14.2 Å². The Labute approximate surface area is 116 Å². The van der Waals surface area contributed by atoms with E-state index >= 15 is 0 Å². The summed E-state index contributed by atoms with van der Waals surface area (Å²) in [7, 11) is 3.22. The van der Waals surface area contributed by atoms with Crippen molar-refractivity contribution in [1.82, 2.24) is 0 Å². The molecule has 0 aromatic rings. The van der Waals surface area contributed by atoms with E-state index in [1.165, 1.54) is 6.42 Å². The predicted octanol–water partition coefficient (Wildman–Crippen LogP) is 3.29. The Morgan fingerprint density at radius 2 is 1.63 bits per heavy atom. The van der Waals surface area contributed by atoms with Gasteiger partial charge in [-0.15, -0.1) is 0 Å². The van der Waals surface area contributed by atoms with Crippen LogP contribution in [0.25, 0.3) is 0 Å². The molecule has 0 aliphatic heterocycles. The highest BCUT2D eigenvalue weighted by atomic mass is 16.7. The summed E-state index contributed by atoms with van der Waals surface area (Å²) in [5.41, 5.74) is -0.889. The highest BCUT2D eigenvalue weighted by Crippen LogP contribution is 2.42. The molecule has 1 aliphatic carbocycles. The molecule has 0 unspecified atom stereocenters. The normalized spacial score (nSPS) is 19.5. The second-order valence-electron chi connectivity index (χ2n) is 6.45. The zero-order valence-electron chi connectivity index (χ0n) is 13.0. The summed E-state index contributed by atoms with van der Waals surface area (Å²) >= 11 is 0. The third kappa shape index (κ3) is 4.77. The van der Waals surface area contributed by atoms with Crippen LogP contribution in [0.4, 0.5) is 0 Å². The number of hydrogen-bond donors (Lipinski definition) is 0. The predicted molar refractivity (Wildman–Crippen MR) is 73.8 cm³/mol. The highest BCUT2D eigenvalue weighted by Gasteiger charge is 2.44. The van der Waals surface area contributed by atoms with E-state index in [0.29, 0.717) is 6.42 Å². The summed E-state index contributed by atoms with van der Waals surface area (Å²) in [5, 5.41) is 0. The molecule has 1 aliphatic rings. The van der Waals surface area contributed by atoms with E-state index in [1.807, 2.05) is 20.8 Å². The average Bonchev–Trinajstić information content (AvgIpc) is 2.35.